The minimum absolute atomic E-state index is 0.0468. The van der Waals surface area contributed by atoms with E-state index in [0.717, 1.165) is 0 Å². The van der Waals surface area contributed by atoms with E-state index in [2.05, 4.69) is 10.6 Å². The SMILES string of the molecule is CC(CN(C)C)NC(=O)N[C@H](C(=O)O)C(C)(C)C. The number of rotatable bonds is 5. The van der Waals surface area contributed by atoms with Gasteiger partial charge < -0.3 is 20.6 Å². The van der Waals surface area contributed by atoms with Crippen molar-refractivity contribution in [3.05, 3.63) is 0 Å². The number of aliphatic carboxylic acids is 1. The Morgan fingerprint density at radius 1 is 1.22 bits per heavy atom. The molecule has 106 valence electrons. The van der Waals surface area contributed by atoms with Crippen LogP contribution in [0.25, 0.3) is 0 Å². The van der Waals surface area contributed by atoms with E-state index in [0.29, 0.717) is 6.54 Å². The molecule has 0 aliphatic carbocycles. The molecular formula is C12H25N3O3. The van der Waals surface area contributed by atoms with Crippen LogP contribution < -0.4 is 10.6 Å². The quantitative estimate of drug-likeness (QED) is 0.680. The van der Waals surface area contributed by atoms with Crippen LogP contribution in [0.5, 0.6) is 0 Å². The van der Waals surface area contributed by atoms with E-state index in [1.165, 1.54) is 0 Å². The zero-order chi connectivity index (χ0) is 14.5. The van der Waals surface area contributed by atoms with E-state index >= 15 is 0 Å². The first-order valence-electron chi connectivity index (χ1n) is 5.98. The average Bonchev–Trinajstić information content (AvgIpc) is 2.09. The predicted molar refractivity (Wildman–Crippen MR) is 70.6 cm³/mol. The highest BCUT2D eigenvalue weighted by Gasteiger charge is 2.32. The van der Waals surface area contributed by atoms with Crippen LogP contribution in [0.4, 0.5) is 4.79 Å². The second kappa shape index (κ2) is 6.58. The van der Waals surface area contributed by atoms with Crippen molar-refractivity contribution in [2.24, 2.45) is 5.41 Å². The Balaban J connectivity index is 4.41. The summed E-state index contributed by atoms with van der Waals surface area (Å²) in [4.78, 5) is 24.7. The molecule has 0 aliphatic rings. The molecule has 0 bridgehead atoms. The number of carbonyl (C=O) groups is 2. The number of carbonyl (C=O) groups excluding carboxylic acids is 1. The fourth-order valence-corrected chi connectivity index (χ4v) is 1.64. The maximum absolute atomic E-state index is 11.7. The summed E-state index contributed by atoms with van der Waals surface area (Å²) < 4.78 is 0. The Hall–Kier alpha value is -1.30. The van der Waals surface area contributed by atoms with Crippen molar-refractivity contribution >= 4 is 12.0 Å². The molecule has 2 amide bonds. The fraction of sp³-hybridized carbons (Fsp3) is 0.833. The molecule has 18 heavy (non-hydrogen) atoms. The van der Waals surface area contributed by atoms with Crippen LogP contribution in [0.1, 0.15) is 27.7 Å². The van der Waals surface area contributed by atoms with E-state index in [-0.39, 0.29) is 6.04 Å². The topological polar surface area (TPSA) is 81.7 Å². The Morgan fingerprint density at radius 2 is 1.72 bits per heavy atom. The third kappa shape index (κ3) is 6.44. The fourth-order valence-electron chi connectivity index (χ4n) is 1.64. The second-order valence-electron chi connectivity index (χ2n) is 5.92. The third-order valence-electron chi connectivity index (χ3n) is 2.40. The van der Waals surface area contributed by atoms with Crippen molar-refractivity contribution in [1.82, 2.24) is 15.5 Å². The third-order valence-corrected chi connectivity index (χ3v) is 2.40. The maximum atomic E-state index is 11.7. The van der Waals surface area contributed by atoms with E-state index in [1.807, 2.05) is 25.9 Å². The number of nitrogens with zero attached hydrogens (tertiary/aromatic N) is 1. The zero-order valence-corrected chi connectivity index (χ0v) is 12.1. The van der Waals surface area contributed by atoms with Crippen molar-refractivity contribution in [2.75, 3.05) is 20.6 Å². The van der Waals surface area contributed by atoms with Gasteiger partial charge in [-0.2, -0.15) is 0 Å². The van der Waals surface area contributed by atoms with Crippen LogP contribution in [-0.4, -0.2) is 54.7 Å². The molecule has 1 unspecified atom stereocenters. The lowest BCUT2D eigenvalue weighted by molar-refractivity contribution is -0.141. The van der Waals surface area contributed by atoms with Crippen LogP contribution in [0.15, 0.2) is 0 Å². The highest BCUT2D eigenvalue weighted by molar-refractivity contribution is 5.83. The standard InChI is InChI=1S/C12H25N3O3/c1-8(7-15(5)6)13-11(18)14-9(10(16)17)12(2,3)4/h8-9H,7H2,1-6H3,(H,16,17)(H2,13,14,18)/t8?,9-/m1/s1. The highest BCUT2D eigenvalue weighted by atomic mass is 16.4. The van der Waals surface area contributed by atoms with Gasteiger partial charge in [-0.1, -0.05) is 20.8 Å². The van der Waals surface area contributed by atoms with Crippen molar-refractivity contribution in [3.63, 3.8) is 0 Å². The molecule has 0 saturated carbocycles. The van der Waals surface area contributed by atoms with Gasteiger partial charge in [0.2, 0.25) is 0 Å². The summed E-state index contributed by atoms with van der Waals surface area (Å²) in [5, 5.41) is 14.3. The Bertz CT molecular complexity index is 297. The Labute approximate surface area is 109 Å². The summed E-state index contributed by atoms with van der Waals surface area (Å²) in [7, 11) is 3.82. The molecule has 0 spiro atoms. The summed E-state index contributed by atoms with van der Waals surface area (Å²) in [5.74, 6) is -1.03. The molecule has 6 heteroatoms. The number of nitrogens with one attached hydrogen (secondary N) is 2. The van der Waals surface area contributed by atoms with E-state index in [1.54, 1.807) is 20.8 Å². The monoisotopic (exact) mass is 259 g/mol. The van der Waals surface area contributed by atoms with Crippen LogP contribution in [0.2, 0.25) is 0 Å². The van der Waals surface area contributed by atoms with Crippen molar-refractivity contribution in [2.45, 2.75) is 39.8 Å². The first-order valence-corrected chi connectivity index (χ1v) is 5.98. The molecule has 0 aromatic carbocycles. The van der Waals surface area contributed by atoms with Gasteiger partial charge in [-0.15, -0.1) is 0 Å². The zero-order valence-electron chi connectivity index (χ0n) is 12.1. The molecular weight excluding hydrogens is 234 g/mol. The van der Waals surface area contributed by atoms with Crippen molar-refractivity contribution in [3.8, 4) is 0 Å². The van der Waals surface area contributed by atoms with Gasteiger partial charge in [0.15, 0.2) is 0 Å². The minimum Gasteiger partial charge on any atom is -0.480 e. The maximum Gasteiger partial charge on any atom is 0.326 e. The number of amides is 2. The molecule has 0 radical (unpaired) electrons. The van der Waals surface area contributed by atoms with Gasteiger partial charge in [-0.25, -0.2) is 9.59 Å². The number of likely N-dealkylation sites (N-methyl/N-ethyl adjacent to an activating group) is 1. The van der Waals surface area contributed by atoms with Gasteiger partial charge >= 0.3 is 12.0 Å². The number of urea groups is 1. The largest absolute Gasteiger partial charge is 0.480 e. The lowest BCUT2D eigenvalue weighted by Crippen LogP contribution is -2.54. The molecule has 3 N–H and O–H groups in total. The van der Waals surface area contributed by atoms with Gasteiger partial charge in [-0.05, 0) is 26.4 Å². The summed E-state index contributed by atoms with van der Waals surface area (Å²) in [6, 6.07) is -1.41. The van der Waals surface area contributed by atoms with E-state index < -0.39 is 23.5 Å². The van der Waals surface area contributed by atoms with E-state index in [4.69, 9.17) is 5.11 Å². The van der Waals surface area contributed by atoms with Gasteiger partial charge in [0, 0.05) is 12.6 Å². The van der Waals surface area contributed by atoms with Crippen LogP contribution in [0.3, 0.4) is 0 Å². The lowest BCUT2D eigenvalue weighted by Gasteiger charge is -2.28. The average molecular weight is 259 g/mol. The summed E-state index contributed by atoms with van der Waals surface area (Å²) in [6.07, 6.45) is 0. The van der Waals surface area contributed by atoms with Gasteiger partial charge in [-0.3, -0.25) is 0 Å². The molecule has 0 aliphatic heterocycles. The summed E-state index contributed by atoms with van der Waals surface area (Å²) in [5.41, 5.74) is -0.534. The number of carboxylic acid groups (broad SMARTS) is 1. The molecule has 0 heterocycles. The van der Waals surface area contributed by atoms with Crippen molar-refractivity contribution < 1.29 is 14.7 Å². The minimum atomic E-state index is -1.03. The molecule has 2 atom stereocenters. The normalized spacial score (nSPS) is 15.1. The number of hydrogen-bond donors (Lipinski definition) is 3. The smallest absolute Gasteiger partial charge is 0.326 e. The Morgan fingerprint density at radius 3 is 2.06 bits per heavy atom. The molecule has 0 saturated heterocycles. The summed E-state index contributed by atoms with van der Waals surface area (Å²) in [6.45, 7) is 7.88. The number of carboxylic acids is 1. The van der Waals surface area contributed by atoms with Crippen LogP contribution in [-0.2, 0) is 4.79 Å². The molecule has 0 rings (SSSR count). The predicted octanol–water partition coefficient (Wildman–Crippen LogP) is 0.735. The van der Waals surface area contributed by atoms with Gasteiger partial charge in [0.05, 0.1) is 0 Å². The molecule has 6 nitrogen and oxygen atoms in total. The van der Waals surface area contributed by atoms with Crippen LogP contribution >= 0.6 is 0 Å². The lowest BCUT2D eigenvalue weighted by atomic mass is 9.87. The molecule has 0 fully saturated rings. The van der Waals surface area contributed by atoms with Gasteiger partial charge in [0.25, 0.3) is 0 Å². The highest BCUT2D eigenvalue weighted by Crippen LogP contribution is 2.19. The van der Waals surface area contributed by atoms with Gasteiger partial charge in [0.1, 0.15) is 6.04 Å². The first-order chi connectivity index (χ1) is 8.04. The van der Waals surface area contributed by atoms with Crippen molar-refractivity contribution in [1.29, 1.82) is 0 Å². The van der Waals surface area contributed by atoms with Crippen LogP contribution in [0, 0.1) is 5.41 Å². The molecule has 0 aromatic rings. The Kier molecular flexibility index (Phi) is 6.11. The summed E-state index contributed by atoms with van der Waals surface area (Å²) >= 11 is 0. The molecule has 0 aromatic heterocycles. The number of hydrogen-bond acceptors (Lipinski definition) is 3. The van der Waals surface area contributed by atoms with E-state index in [9.17, 15) is 9.59 Å². The first kappa shape index (κ1) is 16.7. The second-order valence-corrected chi connectivity index (χ2v) is 5.92.